The zero-order valence-electron chi connectivity index (χ0n) is 19.8. The van der Waals surface area contributed by atoms with E-state index < -0.39 is 24.0 Å². The van der Waals surface area contributed by atoms with E-state index in [9.17, 15) is 19.5 Å². The minimum absolute atomic E-state index is 0.250. The Labute approximate surface area is 205 Å². The molecule has 2 atom stereocenters. The van der Waals surface area contributed by atoms with Gasteiger partial charge in [0.2, 0.25) is 5.91 Å². The number of nitrogens with zero attached hydrogens (tertiary/aromatic N) is 1. The van der Waals surface area contributed by atoms with Gasteiger partial charge in [0, 0.05) is 18.5 Å². The molecule has 0 aliphatic carbocycles. The van der Waals surface area contributed by atoms with Crippen molar-refractivity contribution in [2.75, 3.05) is 0 Å². The lowest BCUT2D eigenvalue weighted by molar-refractivity contribution is -0.142. The monoisotopic (exact) mass is 470 g/mol. The molecule has 3 aromatic rings. The second-order valence-electron chi connectivity index (χ2n) is 8.91. The second-order valence-corrected chi connectivity index (χ2v) is 8.91. The molecule has 35 heavy (non-hydrogen) atoms. The van der Waals surface area contributed by atoms with E-state index in [4.69, 9.17) is 0 Å². The summed E-state index contributed by atoms with van der Waals surface area (Å²) in [6, 6.07) is 23.3. The molecule has 3 aromatic carbocycles. The fraction of sp³-hybridized carbons (Fsp3) is 0.276. The standard InChI is InChI=1S/C29H30N2O4/c1-2-3-13-25(29(34)35)30-27(32)26-18-23-11-7-8-12-24(23)19-31(26)28(33)22-16-14-21(15-17-22)20-9-5-4-6-10-20/h4-12,14-17,25-26H,2-3,13,18-19H2,1H3,(H,30,32)(H,34,35)/t25?,26-/m0/s1. The summed E-state index contributed by atoms with van der Waals surface area (Å²) in [6.45, 7) is 2.27. The minimum Gasteiger partial charge on any atom is -0.480 e. The van der Waals surface area contributed by atoms with E-state index in [2.05, 4.69) is 5.32 Å². The van der Waals surface area contributed by atoms with Crippen molar-refractivity contribution in [2.24, 2.45) is 0 Å². The third kappa shape index (κ3) is 5.60. The van der Waals surface area contributed by atoms with Crippen molar-refractivity contribution in [3.05, 3.63) is 95.6 Å². The molecule has 0 spiro atoms. The number of hydrogen-bond donors (Lipinski definition) is 2. The van der Waals surface area contributed by atoms with Crippen LogP contribution in [0.5, 0.6) is 0 Å². The van der Waals surface area contributed by atoms with Crippen molar-refractivity contribution in [1.29, 1.82) is 0 Å². The predicted octanol–water partition coefficient (Wildman–Crippen LogP) is 4.68. The number of carboxylic acids is 1. The van der Waals surface area contributed by atoms with Gasteiger partial charge in [-0.05, 0) is 40.8 Å². The van der Waals surface area contributed by atoms with E-state index in [-0.39, 0.29) is 5.91 Å². The van der Waals surface area contributed by atoms with Crippen molar-refractivity contribution in [1.82, 2.24) is 10.2 Å². The lowest BCUT2D eigenvalue weighted by Crippen LogP contribution is -2.55. The van der Waals surface area contributed by atoms with Crippen LogP contribution in [-0.4, -0.2) is 39.9 Å². The Morgan fingerprint density at radius 1 is 0.914 bits per heavy atom. The number of carbonyl (C=O) groups is 3. The van der Waals surface area contributed by atoms with Gasteiger partial charge in [0.15, 0.2) is 0 Å². The first-order valence-corrected chi connectivity index (χ1v) is 12.0. The van der Waals surface area contributed by atoms with E-state index in [0.29, 0.717) is 31.4 Å². The fourth-order valence-corrected chi connectivity index (χ4v) is 4.51. The topological polar surface area (TPSA) is 86.7 Å². The van der Waals surface area contributed by atoms with E-state index in [1.54, 1.807) is 17.0 Å². The Bertz CT molecular complexity index is 1190. The molecule has 1 aliphatic heterocycles. The first-order valence-electron chi connectivity index (χ1n) is 12.0. The maximum Gasteiger partial charge on any atom is 0.326 e. The van der Waals surface area contributed by atoms with Crippen LogP contribution in [-0.2, 0) is 22.6 Å². The molecule has 1 unspecified atom stereocenters. The molecule has 2 amide bonds. The number of unbranched alkanes of at least 4 members (excludes halogenated alkanes) is 1. The zero-order valence-corrected chi connectivity index (χ0v) is 19.8. The van der Waals surface area contributed by atoms with E-state index in [0.717, 1.165) is 28.7 Å². The van der Waals surface area contributed by atoms with Crippen molar-refractivity contribution in [3.8, 4) is 11.1 Å². The lowest BCUT2D eigenvalue weighted by Gasteiger charge is -2.36. The Kier molecular flexibility index (Phi) is 7.60. The summed E-state index contributed by atoms with van der Waals surface area (Å²) in [5, 5.41) is 12.3. The molecule has 0 bridgehead atoms. The maximum atomic E-state index is 13.6. The van der Waals surface area contributed by atoms with Crippen LogP contribution in [0.2, 0.25) is 0 Å². The van der Waals surface area contributed by atoms with Gasteiger partial charge in [-0.15, -0.1) is 0 Å². The highest BCUT2D eigenvalue weighted by Gasteiger charge is 2.36. The molecule has 1 heterocycles. The lowest BCUT2D eigenvalue weighted by atomic mass is 9.92. The second kappa shape index (κ2) is 11.0. The Morgan fingerprint density at radius 2 is 1.54 bits per heavy atom. The largest absolute Gasteiger partial charge is 0.480 e. The maximum absolute atomic E-state index is 13.6. The molecule has 1 aliphatic rings. The number of carboxylic acid groups (broad SMARTS) is 1. The summed E-state index contributed by atoms with van der Waals surface area (Å²) in [5.41, 5.74) is 4.54. The highest BCUT2D eigenvalue weighted by Crippen LogP contribution is 2.26. The fourth-order valence-electron chi connectivity index (χ4n) is 4.51. The first kappa shape index (κ1) is 24.2. The summed E-state index contributed by atoms with van der Waals surface area (Å²) >= 11 is 0. The highest BCUT2D eigenvalue weighted by molar-refractivity contribution is 5.99. The molecule has 2 N–H and O–H groups in total. The average Bonchev–Trinajstić information content (AvgIpc) is 2.90. The summed E-state index contributed by atoms with van der Waals surface area (Å²) in [6.07, 6.45) is 2.23. The molecular formula is C29H30N2O4. The van der Waals surface area contributed by atoms with Gasteiger partial charge < -0.3 is 15.3 Å². The molecule has 0 saturated carbocycles. The average molecular weight is 471 g/mol. The number of hydrogen-bond acceptors (Lipinski definition) is 3. The van der Waals surface area contributed by atoms with Gasteiger partial charge in [-0.25, -0.2) is 4.79 Å². The summed E-state index contributed by atoms with van der Waals surface area (Å²) in [7, 11) is 0. The number of rotatable bonds is 8. The van der Waals surface area contributed by atoms with E-state index in [1.165, 1.54) is 0 Å². The summed E-state index contributed by atoms with van der Waals surface area (Å²) < 4.78 is 0. The Morgan fingerprint density at radius 3 is 2.20 bits per heavy atom. The van der Waals surface area contributed by atoms with Crippen LogP contribution < -0.4 is 5.32 Å². The third-order valence-corrected chi connectivity index (χ3v) is 6.51. The molecule has 4 rings (SSSR count). The van der Waals surface area contributed by atoms with Gasteiger partial charge in [-0.3, -0.25) is 9.59 Å². The molecule has 180 valence electrons. The Hall–Kier alpha value is -3.93. The molecule has 0 aromatic heterocycles. The van der Waals surface area contributed by atoms with E-state index >= 15 is 0 Å². The molecule has 6 heteroatoms. The number of benzene rings is 3. The highest BCUT2D eigenvalue weighted by atomic mass is 16.4. The van der Waals surface area contributed by atoms with Crippen LogP contribution in [0, 0.1) is 0 Å². The normalized spacial score (nSPS) is 15.7. The molecule has 0 radical (unpaired) electrons. The number of fused-ring (bicyclic) bond motifs is 1. The van der Waals surface area contributed by atoms with Gasteiger partial charge in [0.25, 0.3) is 5.91 Å². The SMILES string of the molecule is CCCCC(NC(=O)[C@@H]1Cc2ccccc2CN1C(=O)c1ccc(-c2ccccc2)cc1)C(=O)O. The number of aliphatic carboxylic acids is 1. The van der Waals surface area contributed by atoms with Crippen molar-refractivity contribution in [2.45, 2.75) is 51.2 Å². The van der Waals surface area contributed by atoms with Crippen LogP contribution in [0.1, 0.15) is 47.7 Å². The molecule has 6 nitrogen and oxygen atoms in total. The van der Waals surface area contributed by atoms with Crippen LogP contribution in [0.15, 0.2) is 78.9 Å². The Balaban J connectivity index is 1.59. The smallest absolute Gasteiger partial charge is 0.326 e. The van der Waals surface area contributed by atoms with Gasteiger partial charge in [0.05, 0.1) is 0 Å². The van der Waals surface area contributed by atoms with Crippen molar-refractivity contribution < 1.29 is 19.5 Å². The van der Waals surface area contributed by atoms with Crippen LogP contribution in [0.25, 0.3) is 11.1 Å². The van der Waals surface area contributed by atoms with Gasteiger partial charge >= 0.3 is 5.97 Å². The number of nitrogens with one attached hydrogen (secondary N) is 1. The minimum atomic E-state index is -1.06. The summed E-state index contributed by atoms with van der Waals surface area (Å²) in [5.74, 6) is -1.74. The van der Waals surface area contributed by atoms with Gasteiger partial charge in [-0.1, -0.05) is 86.5 Å². The van der Waals surface area contributed by atoms with E-state index in [1.807, 2.05) is 73.7 Å². The molecular weight excluding hydrogens is 440 g/mol. The van der Waals surface area contributed by atoms with Gasteiger partial charge in [0.1, 0.15) is 12.1 Å². The zero-order chi connectivity index (χ0) is 24.8. The van der Waals surface area contributed by atoms with Crippen LogP contribution >= 0.6 is 0 Å². The molecule has 0 fully saturated rings. The van der Waals surface area contributed by atoms with Crippen molar-refractivity contribution in [3.63, 3.8) is 0 Å². The van der Waals surface area contributed by atoms with Crippen LogP contribution in [0.4, 0.5) is 0 Å². The quantitative estimate of drug-likeness (QED) is 0.501. The van der Waals surface area contributed by atoms with Crippen molar-refractivity contribution >= 4 is 17.8 Å². The number of carbonyl (C=O) groups excluding carboxylic acids is 2. The third-order valence-electron chi connectivity index (χ3n) is 6.51. The number of amides is 2. The van der Waals surface area contributed by atoms with Crippen LogP contribution in [0.3, 0.4) is 0 Å². The predicted molar refractivity (Wildman–Crippen MR) is 135 cm³/mol. The van der Waals surface area contributed by atoms with Gasteiger partial charge in [-0.2, -0.15) is 0 Å². The molecule has 0 saturated heterocycles. The first-order chi connectivity index (χ1) is 17.0. The summed E-state index contributed by atoms with van der Waals surface area (Å²) in [4.78, 5) is 40.2.